The van der Waals surface area contributed by atoms with Crippen LogP contribution >= 0.6 is 12.4 Å². The van der Waals surface area contributed by atoms with Crippen molar-refractivity contribution in [2.45, 2.75) is 64.7 Å². The summed E-state index contributed by atoms with van der Waals surface area (Å²) in [4.78, 5) is 2.72. The fraction of sp³-hybridized carbons (Fsp3) is 0.700. The molecule has 2 rings (SSSR count). The number of hydrogen-bond donors (Lipinski definition) is 0. The minimum atomic E-state index is 0. The van der Waals surface area contributed by atoms with Gasteiger partial charge in [0, 0.05) is 12.0 Å². The summed E-state index contributed by atoms with van der Waals surface area (Å²) in [5.74, 6) is 0.820. The van der Waals surface area contributed by atoms with Crippen LogP contribution in [0.3, 0.4) is 0 Å². The highest BCUT2D eigenvalue weighted by Gasteiger charge is 2.41. The number of rotatable bonds is 7. The van der Waals surface area contributed by atoms with Crippen molar-refractivity contribution in [1.29, 1.82) is 0 Å². The fourth-order valence-electron chi connectivity index (χ4n) is 4.26. The first-order valence-electron chi connectivity index (χ1n) is 9.04. The number of nitrogens with zero attached hydrogens (tertiary/aromatic N) is 1. The predicted octanol–water partition coefficient (Wildman–Crippen LogP) is 5.68. The van der Waals surface area contributed by atoms with Crippen LogP contribution in [-0.2, 0) is 5.41 Å². The lowest BCUT2D eigenvalue weighted by Crippen LogP contribution is -2.49. The normalized spacial score (nSPS) is 25.7. The van der Waals surface area contributed by atoms with E-state index >= 15 is 0 Å². The van der Waals surface area contributed by atoms with Crippen LogP contribution in [0.1, 0.15) is 64.9 Å². The largest absolute Gasteiger partial charge is 0.303 e. The van der Waals surface area contributed by atoms with Crippen molar-refractivity contribution in [1.82, 2.24) is 4.90 Å². The third-order valence-electron chi connectivity index (χ3n) is 5.58. The van der Waals surface area contributed by atoms with Gasteiger partial charge >= 0.3 is 0 Å². The van der Waals surface area contributed by atoms with Crippen LogP contribution in [0.2, 0.25) is 0 Å². The third-order valence-corrected chi connectivity index (χ3v) is 5.58. The molecular formula is C20H34ClN. The van der Waals surface area contributed by atoms with Gasteiger partial charge in [0.1, 0.15) is 0 Å². The molecule has 0 amide bonds. The van der Waals surface area contributed by atoms with Crippen LogP contribution in [0.15, 0.2) is 30.3 Å². The molecule has 1 aromatic rings. The monoisotopic (exact) mass is 323 g/mol. The average Bonchev–Trinajstić information content (AvgIpc) is 2.54. The molecule has 0 aliphatic carbocycles. The minimum absolute atomic E-state index is 0. The Balaban J connectivity index is 0.00000242. The number of halogens is 1. The lowest BCUT2D eigenvalue weighted by Gasteiger charge is -2.48. The van der Waals surface area contributed by atoms with E-state index < -0.39 is 0 Å². The van der Waals surface area contributed by atoms with Crippen LogP contribution in [-0.4, -0.2) is 24.5 Å². The minimum Gasteiger partial charge on any atom is -0.303 e. The van der Waals surface area contributed by atoms with Gasteiger partial charge in [0.15, 0.2) is 0 Å². The molecule has 22 heavy (non-hydrogen) atoms. The molecule has 0 aromatic heterocycles. The molecule has 1 heterocycles. The molecule has 0 radical (unpaired) electrons. The maximum Gasteiger partial charge on any atom is 0.00182 e. The molecule has 1 aliphatic rings. The Bertz CT molecular complexity index is 405. The molecule has 1 nitrogen and oxygen atoms in total. The van der Waals surface area contributed by atoms with Crippen molar-refractivity contribution in [3.05, 3.63) is 35.9 Å². The average molecular weight is 324 g/mol. The van der Waals surface area contributed by atoms with E-state index in [0.717, 1.165) is 5.92 Å². The second-order valence-corrected chi connectivity index (χ2v) is 6.77. The van der Waals surface area contributed by atoms with E-state index in [9.17, 15) is 0 Å². The number of unbranched alkanes of at least 4 members (excludes halogenated alkanes) is 1. The van der Waals surface area contributed by atoms with E-state index in [2.05, 4.69) is 56.0 Å². The second kappa shape index (κ2) is 9.57. The van der Waals surface area contributed by atoms with Crippen molar-refractivity contribution in [3.8, 4) is 0 Å². The summed E-state index contributed by atoms with van der Waals surface area (Å²) in [5, 5.41) is 0. The van der Waals surface area contributed by atoms with Crippen molar-refractivity contribution < 1.29 is 0 Å². The summed E-state index contributed by atoms with van der Waals surface area (Å²) in [6.07, 6.45) is 7.95. The number of likely N-dealkylation sites (tertiary alicyclic amines) is 1. The molecule has 1 aliphatic heterocycles. The highest BCUT2D eigenvalue weighted by Crippen LogP contribution is 2.44. The van der Waals surface area contributed by atoms with Crippen LogP contribution in [0.5, 0.6) is 0 Å². The molecule has 126 valence electrons. The quantitative estimate of drug-likeness (QED) is 0.624. The first-order chi connectivity index (χ1) is 10.3. The van der Waals surface area contributed by atoms with Gasteiger partial charge in [0.05, 0.1) is 0 Å². The molecule has 1 saturated heterocycles. The van der Waals surface area contributed by atoms with Crippen molar-refractivity contribution >= 4 is 12.4 Å². The lowest BCUT2D eigenvalue weighted by atomic mass is 9.63. The Kier molecular flexibility index (Phi) is 8.49. The number of hydrogen-bond acceptors (Lipinski definition) is 1. The molecule has 0 bridgehead atoms. The van der Waals surface area contributed by atoms with Crippen molar-refractivity contribution in [2.24, 2.45) is 5.92 Å². The molecular weight excluding hydrogens is 290 g/mol. The van der Waals surface area contributed by atoms with Gasteiger partial charge in [-0.2, -0.15) is 0 Å². The summed E-state index contributed by atoms with van der Waals surface area (Å²) < 4.78 is 0. The molecule has 0 saturated carbocycles. The SMILES string of the molecule is CCCCN1CCC(CC)(c2ccccc2)C(CCC)C1.Cl. The first-order valence-corrected chi connectivity index (χ1v) is 9.04. The van der Waals surface area contributed by atoms with E-state index in [1.807, 2.05) is 0 Å². The van der Waals surface area contributed by atoms with E-state index in [1.54, 1.807) is 5.56 Å². The highest BCUT2D eigenvalue weighted by molar-refractivity contribution is 5.85. The van der Waals surface area contributed by atoms with Crippen molar-refractivity contribution in [2.75, 3.05) is 19.6 Å². The van der Waals surface area contributed by atoms with Gasteiger partial charge < -0.3 is 4.90 Å². The summed E-state index contributed by atoms with van der Waals surface area (Å²) in [5.41, 5.74) is 2.00. The summed E-state index contributed by atoms with van der Waals surface area (Å²) in [7, 11) is 0. The van der Waals surface area contributed by atoms with Crippen LogP contribution < -0.4 is 0 Å². The molecule has 2 unspecified atom stereocenters. The summed E-state index contributed by atoms with van der Waals surface area (Å²) in [6, 6.07) is 11.3. The number of piperidine rings is 1. The van der Waals surface area contributed by atoms with Crippen LogP contribution in [0, 0.1) is 5.92 Å². The Hall–Kier alpha value is -0.530. The second-order valence-electron chi connectivity index (χ2n) is 6.77. The fourth-order valence-corrected chi connectivity index (χ4v) is 4.26. The number of benzene rings is 1. The van der Waals surface area contributed by atoms with Crippen LogP contribution in [0.25, 0.3) is 0 Å². The Morgan fingerprint density at radius 1 is 1.09 bits per heavy atom. The van der Waals surface area contributed by atoms with Crippen LogP contribution in [0.4, 0.5) is 0 Å². The zero-order chi connectivity index (χ0) is 15.1. The summed E-state index contributed by atoms with van der Waals surface area (Å²) in [6.45, 7) is 10.9. The lowest BCUT2D eigenvalue weighted by molar-refractivity contribution is 0.0792. The van der Waals surface area contributed by atoms with Gasteiger partial charge in [-0.05, 0) is 50.3 Å². The summed E-state index contributed by atoms with van der Waals surface area (Å²) >= 11 is 0. The molecule has 2 heteroatoms. The maximum absolute atomic E-state index is 2.72. The Labute approximate surface area is 143 Å². The van der Waals surface area contributed by atoms with E-state index in [4.69, 9.17) is 0 Å². The van der Waals surface area contributed by atoms with E-state index in [0.29, 0.717) is 5.41 Å². The first kappa shape index (κ1) is 19.5. The molecule has 1 aromatic carbocycles. The standard InChI is InChI=1S/C20H33N.ClH/c1-4-7-15-21-16-14-20(6-3,19(17-21)11-5-2)18-12-9-8-10-13-18;/h8-10,12-13,19H,4-7,11,14-17H2,1-3H3;1H. The van der Waals surface area contributed by atoms with Gasteiger partial charge in [-0.3, -0.25) is 0 Å². The molecule has 1 fully saturated rings. The Morgan fingerprint density at radius 2 is 1.82 bits per heavy atom. The van der Waals surface area contributed by atoms with Gasteiger partial charge in [-0.25, -0.2) is 0 Å². The van der Waals surface area contributed by atoms with E-state index in [-0.39, 0.29) is 12.4 Å². The zero-order valence-corrected chi connectivity index (χ0v) is 15.5. The predicted molar refractivity (Wildman–Crippen MR) is 100 cm³/mol. The molecule has 2 atom stereocenters. The van der Waals surface area contributed by atoms with Gasteiger partial charge in [-0.1, -0.05) is 63.9 Å². The molecule has 0 spiro atoms. The smallest absolute Gasteiger partial charge is 0.00182 e. The van der Waals surface area contributed by atoms with Gasteiger partial charge in [0.2, 0.25) is 0 Å². The third kappa shape index (κ3) is 4.26. The van der Waals surface area contributed by atoms with E-state index in [1.165, 1.54) is 58.2 Å². The topological polar surface area (TPSA) is 3.24 Å². The molecule has 0 N–H and O–H groups in total. The Morgan fingerprint density at radius 3 is 2.41 bits per heavy atom. The van der Waals surface area contributed by atoms with Crippen molar-refractivity contribution in [3.63, 3.8) is 0 Å². The zero-order valence-electron chi connectivity index (χ0n) is 14.7. The van der Waals surface area contributed by atoms with Gasteiger partial charge in [0.25, 0.3) is 0 Å². The highest BCUT2D eigenvalue weighted by atomic mass is 35.5. The maximum atomic E-state index is 2.72. The van der Waals surface area contributed by atoms with Gasteiger partial charge in [-0.15, -0.1) is 12.4 Å².